The van der Waals surface area contributed by atoms with Crippen LogP contribution in [0.5, 0.6) is 0 Å². The zero-order valence-electron chi connectivity index (χ0n) is 10.2. The van der Waals surface area contributed by atoms with Crippen LogP contribution in [0.2, 0.25) is 0 Å². The van der Waals surface area contributed by atoms with Crippen LogP contribution in [0, 0.1) is 0 Å². The Labute approximate surface area is 95.4 Å². The first kappa shape index (κ1) is 12.4. The highest BCUT2D eigenvalue weighted by atomic mass is 32.2. The van der Waals surface area contributed by atoms with Crippen LogP contribution in [-0.4, -0.2) is 8.96 Å². The second-order valence-corrected chi connectivity index (χ2v) is 7.28. The lowest BCUT2D eigenvalue weighted by Crippen LogP contribution is -2.22. The molecule has 0 fully saturated rings. The van der Waals surface area contributed by atoms with Gasteiger partial charge in [0.15, 0.2) is 0 Å². The van der Waals surface area contributed by atoms with Crippen molar-refractivity contribution in [1.82, 2.24) is 0 Å². The summed E-state index contributed by atoms with van der Waals surface area (Å²) in [6.45, 7) is 10.3. The van der Waals surface area contributed by atoms with E-state index in [9.17, 15) is 4.21 Å². The second-order valence-electron chi connectivity index (χ2n) is 5.07. The molecule has 0 saturated heterocycles. The van der Waals surface area contributed by atoms with Crippen molar-refractivity contribution in [3.8, 4) is 0 Å². The smallest absolute Gasteiger partial charge is 0.0586 e. The molecule has 2 heteroatoms. The maximum absolute atomic E-state index is 12.3. The fraction of sp³-hybridized carbons (Fsp3) is 0.538. The van der Waals surface area contributed by atoms with Gasteiger partial charge in [0.25, 0.3) is 0 Å². The summed E-state index contributed by atoms with van der Waals surface area (Å²) >= 11 is 0. The molecule has 0 aliphatic heterocycles. The number of hydrogen-bond acceptors (Lipinski definition) is 1. The minimum Gasteiger partial charge on any atom is -0.254 e. The van der Waals surface area contributed by atoms with E-state index in [0.29, 0.717) is 5.92 Å². The van der Waals surface area contributed by atoms with Crippen LogP contribution in [-0.2, 0) is 10.8 Å². The van der Waals surface area contributed by atoms with Crippen molar-refractivity contribution in [2.75, 3.05) is 0 Å². The van der Waals surface area contributed by atoms with Gasteiger partial charge in [-0.1, -0.05) is 32.0 Å². The van der Waals surface area contributed by atoms with Gasteiger partial charge in [0.2, 0.25) is 0 Å². The van der Waals surface area contributed by atoms with Gasteiger partial charge in [-0.3, -0.25) is 4.21 Å². The van der Waals surface area contributed by atoms with E-state index in [1.54, 1.807) is 0 Å². The van der Waals surface area contributed by atoms with Crippen molar-refractivity contribution in [3.63, 3.8) is 0 Å². The number of benzene rings is 1. The summed E-state index contributed by atoms with van der Waals surface area (Å²) in [5.74, 6) is 0.424. The molecule has 0 aromatic heterocycles. The molecule has 1 aromatic rings. The molecule has 0 saturated carbocycles. The molecule has 1 unspecified atom stereocenters. The third-order valence-corrected chi connectivity index (χ3v) is 4.18. The summed E-state index contributed by atoms with van der Waals surface area (Å²) in [7, 11) is -0.933. The summed E-state index contributed by atoms with van der Waals surface area (Å²) in [6, 6.07) is 8.03. The predicted molar refractivity (Wildman–Crippen MR) is 66.7 cm³/mol. The van der Waals surface area contributed by atoms with Crippen LogP contribution in [0.4, 0.5) is 0 Å². The second kappa shape index (κ2) is 4.48. The van der Waals surface area contributed by atoms with E-state index in [4.69, 9.17) is 0 Å². The van der Waals surface area contributed by atoms with E-state index in [-0.39, 0.29) is 4.75 Å². The molecule has 1 atom stereocenters. The number of rotatable bonds is 2. The molecule has 0 bridgehead atoms. The molecule has 1 aromatic carbocycles. The molecular formula is C13H20OS. The topological polar surface area (TPSA) is 17.1 Å². The summed E-state index contributed by atoms with van der Waals surface area (Å²) in [6.07, 6.45) is 0. The molecule has 84 valence electrons. The summed E-state index contributed by atoms with van der Waals surface area (Å²) in [4.78, 5) is 0.986. The summed E-state index contributed by atoms with van der Waals surface area (Å²) in [5.41, 5.74) is 1.20. The highest BCUT2D eigenvalue weighted by Crippen LogP contribution is 2.27. The quantitative estimate of drug-likeness (QED) is 0.748. The van der Waals surface area contributed by atoms with Crippen molar-refractivity contribution >= 4 is 10.8 Å². The van der Waals surface area contributed by atoms with Crippen LogP contribution in [0.25, 0.3) is 0 Å². The van der Waals surface area contributed by atoms with Crippen LogP contribution in [0.15, 0.2) is 29.2 Å². The fourth-order valence-corrected chi connectivity index (χ4v) is 2.84. The highest BCUT2D eigenvalue weighted by molar-refractivity contribution is 7.86. The normalized spacial score (nSPS) is 14.3. The molecule has 1 rings (SSSR count). The standard InChI is InChI=1S/C13H20OS/c1-10(2)11-8-6-7-9-12(11)15(14)13(3,4)5/h6-10H,1-5H3. The van der Waals surface area contributed by atoms with Gasteiger partial charge in [-0.2, -0.15) is 0 Å². The molecule has 0 aliphatic rings. The first-order chi connectivity index (χ1) is 6.84. The zero-order valence-corrected chi connectivity index (χ0v) is 11.0. The van der Waals surface area contributed by atoms with E-state index in [1.807, 2.05) is 39.0 Å². The lowest BCUT2D eigenvalue weighted by Gasteiger charge is -2.21. The molecule has 0 aliphatic carbocycles. The monoisotopic (exact) mass is 224 g/mol. The molecule has 15 heavy (non-hydrogen) atoms. The Hall–Kier alpha value is -0.630. The minimum atomic E-state index is -0.933. The Morgan fingerprint density at radius 3 is 2.13 bits per heavy atom. The van der Waals surface area contributed by atoms with Gasteiger partial charge in [-0.25, -0.2) is 0 Å². The third-order valence-electron chi connectivity index (χ3n) is 2.30. The van der Waals surface area contributed by atoms with Crippen molar-refractivity contribution < 1.29 is 4.21 Å². The zero-order chi connectivity index (χ0) is 11.6. The van der Waals surface area contributed by atoms with Crippen LogP contribution < -0.4 is 0 Å². The van der Waals surface area contributed by atoms with Gasteiger partial charge in [0.1, 0.15) is 0 Å². The van der Waals surface area contributed by atoms with E-state index in [2.05, 4.69) is 19.9 Å². The third kappa shape index (κ3) is 2.91. The van der Waals surface area contributed by atoms with Crippen LogP contribution >= 0.6 is 0 Å². The largest absolute Gasteiger partial charge is 0.254 e. The van der Waals surface area contributed by atoms with Gasteiger partial charge >= 0.3 is 0 Å². The average Bonchev–Trinajstić information content (AvgIpc) is 2.15. The summed E-state index contributed by atoms with van der Waals surface area (Å²) in [5, 5.41) is 0. The minimum absolute atomic E-state index is 0.189. The van der Waals surface area contributed by atoms with Crippen LogP contribution in [0.3, 0.4) is 0 Å². The molecule has 0 radical (unpaired) electrons. The first-order valence-electron chi connectivity index (χ1n) is 5.35. The molecule has 0 spiro atoms. The Kier molecular flexibility index (Phi) is 3.72. The van der Waals surface area contributed by atoms with Crippen molar-refractivity contribution in [2.45, 2.75) is 50.2 Å². The van der Waals surface area contributed by atoms with Gasteiger partial charge in [0, 0.05) is 9.64 Å². The van der Waals surface area contributed by atoms with E-state index in [0.717, 1.165) is 4.90 Å². The summed E-state index contributed by atoms with van der Waals surface area (Å²) < 4.78 is 12.1. The average molecular weight is 224 g/mol. The first-order valence-corrected chi connectivity index (χ1v) is 6.50. The number of hydrogen-bond donors (Lipinski definition) is 0. The Balaban J connectivity index is 3.20. The van der Waals surface area contributed by atoms with Crippen molar-refractivity contribution in [3.05, 3.63) is 29.8 Å². The van der Waals surface area contributed by atoms with Crippen molar-refractivity contribution in [2.24, 2.45) is 0 Å². The van der Waals surface area contributed by atoms with Crippen LogP contribution in [0.1, 0.15) is 46.1 Å². The maximum atomic E-state index is 12.3. The Bertz CT molecular complexity index is 361. The van der Waals surface area contributed by atoms with Crippen molar-refractivity contribution in [1.29, 1.82) is 0 Å². The highest BCUT2D eigenvalue weighted by Gasteiger charge is 2.23. The maximum Gasteiger partial charge on any atom is 0.0586 e. The van der Waals surface area contributed by atoms with E-state index in [1.165, 1.54) is 5.56 Å². The molecular weight excluding hydrogens is 204 g/mol. The van der Waals surface area contributed by atoms with Gasteiger partial charge in [-0.05, 0) is 38.3 Å². The molecule has 0 heterocycles. The molecule has 1 nitrogen and oxygen atoms in total. The van der Waals surface area contributed by atoms with Gasteiger partial charge in [-0.15, -0.1) is 0 Å². The lowest BCUT2D eigenvalue weighted by molar-refractivity contribution is 0.646. The van der Waals surface area contributed by atoms with E-state index >= 15 is 0 Å². The molecule has 0 N–H and O–H groups in total. The van der Waals surface area contributed by atoms with Gasteiger partial charge in [0.05, 0.1) is 10.8 Å². The predicted octanol–water partition coefficient (Wildman–Crippen LogP) is 3.72. The van der Waals surface area contributed by atoms with E-state index < -0.39 is 10.8 Å². The van der Waals surface area contributed by atoms with Gasteiger partial charge < -0.3 is 0 Å². The lowest BCUT2D eigenvalue weighted by atomic mass is 10.0. The molecule has 0 amide bonds. The fourth-order valence-electron chi connectivity index (χ4n) is 1.46. The SMILES string of the molecule is CC(C)c1ccccc1S(=O)C(C)(C)C. The Morgan fingerprint density at radius 1 is 1.13 bits per heavy atom. The Morgan fingerprint density at radius 2 is 1.67 bits per heavy atom.